The average Bonchev–Trinajstić information content (AvgIpc) is 2.81. The van der Waals surface area contributed by atoms with Crippen molar-refractivity contribution in [3.05, 3.63) is 88.0 Å². The molecular weight excluding hydrogens is 541 g/mol. The molecule has 1 amide bonds. The molecule has 0 spiro atoms. The SMILES string of the molecule is COc1ccccc1N(CC(=O)N/N=C(\C)c1cccc(I)c1)S(=O)(=O)c1ccccc1. The number of carbonyl (C=O) groups excluding carboxylic acids is 1. The zero-order chi connectivity index (χ0) is 23.1. The van der Waals surface area contributed by atoms with Gasteiger partial charge in [0.05, 0.1) is 23.4 Å². The van der Waals surface area contributed by atoms with Crippen molar-refractivity contribution in [2.45, 2.75) is 11.8 Å². The third-order valence-electron chi connectivity index (χ3n) is 4.56. The molecule has 3 rings (SSSR count). The van der Waals surface area contributed by atoms with E-state index in [1.165, 1.54) is 19.2 Å². The Morgan fingerprint density at radius 1 is 1.03 bits per heavy atom. The maximum Gasteiger partial charge on any atom is 0.264 e. The number of anilines is 1. The molecule has 0 aromatic heterocycles. The van der Waals surface area contributed by atoms with Crippen LogP contribution < -0.4 is 14.5 Å². The number of hydrogen-bond acceptors (Lipinski definition) is 5. The van der Waals surface area contributed by atoms with Gasteiger partial charge in [-0.05, 0) is 71.5 Å². The van der Waals surface area contributed by atoms with Crippen molar-refractivity contribution >= 4 is 49.9 Å². The van der Waals surface area contributed by atoms with Crippen molar-refractivity contribution in [1.29, 1.82) is 0 Å². The molecule has 0 aliphatic rings. The van der Waals surface area contributed by atoms with Gasteiger partial charge in [-0.3, -0.25) is 9.10 Å². The predicted molar refractivity (Wildman–Crippen MR) is 133 cm³/mol. The van der Waals surface area contributed by atoms with E-state index in [4.69, 9.17) is 4.74 Å². The number of methoxy groups -OCH3 is 1. The Balaban J connectivity index is 1.91. The van der Waals surface area contributed by atoms with Crippen LogP contribution in [-0.4, -0.2) is 33.7 Å². The third kappa shape index (κ3) is 5.65. The number of para-hydroxylation sites is 2. The summed E-state index contributed by atoms with van der Waals surface area (Å²) in [5.41, 5.74) is 4.18. The Bertz CT molecular complexity index is 1230. The topological polar surface area (TPSA) is 88.1 Å². The van der Waals surface area contributed by atoms with E-state index in [2.05, 4.69) is 33.1 Å². The Kier molecular flexibility index (Phi) is 7.86. The van der Waals surface area contributed by atoms with E-state index in [9.17, 15) is 13.2 Å². The van der Waals surface area contributed by atoms with Gasteiger partial charge in [0.25, 0.3) is 15.9 Å². The van der Waals surface area contributed by atoms with E-state index in [1.54, 1.807) is 49.4 Å². The number of carbonyl (C=O) groups is 1. The van der Waals surface area contributed by atoms with Gasteiger partial charge >= 0.3 is 0 Å². The van der Waals surface area contributed by atoms with E-state index < -0.39 is 22.5 Å². The average molecular weight is 563 g/mol. The number of sulfonamides is 1. The molecule has 3 aromatic carbocycles. The first-order valence-corrected chi connectivity index (χ1v) is 12.1. The summed E-state index contributed by atoms with van der Waals surface area (Å²) in [6, 6.07) is 22.3. The van der Waals surface area contributed by atoms with Crippen LogP contribution in [0.1, 0.15) is 12.5 Å². The molecule has 9 heteroatoms. The van der Waals surface area contributed by atoms with Gasteiger partial charge in [-0.1, -0.05) is 42.5 Å². The summed E-state index contributed by atoms with van der Waals surface area (Å²) < 4.78 is 34.2. The number of nitrogens with zero attached hydrogens (tertiary/aromatic N) is 2. The van der Waals surface area contributed by atoms with Crippen LogP contribution in [0.3, 0.4) is 0 Å². The zero-order valence-electron chi connectivity index (χ0n) is 17.5. The van der Waals surface area contributed by atoms with E-state index in [0.29, 0.717) is 11.5 Å². The highest BCUT2D eigenvalue weighted by Crippen LogP contribution is 2.32. The quantitative estimate of drug-likeness (QED) is 0.255. The first kappa shape index (κ1) is 23.7. The van der Waals surface area contributed by atoms with E-state index >= 15 is 0 Å². The summed E-state index contributed by atoms with van der Waals surface area (Å²) in [6.07, 6.45) is 0. The molecule has 0 atom stereocenters. The minimum atomic E-state index is -4.04. The number of nitrogens with one attached hydrogen (secondary N) is 1. The van der Waals surface area contributed by atoms with Crippen LogP contribution in [0.15, 0.2) is 88.9 Å². The lowest BCUT2D eigenvalue weighted by Crippen LogP contribution is -2.40. The molecule has 0 unspecified atom stereocenters. The fraction of sp³-hybridized carbons (Fsp3) is 0.130. The molecule has 0 heterocycles. The molecule has 0 saturated heterocycles. The van der Waals surface area contributed by atoms with Crippen molar-refractivity contribution in [2.24, 2.45) is 5.10 Å². The van der Waals surface area contributed by atoms with Crippen LogP contribution in [0.4, 0.5) is 5.69 Å². The largest absolute Gasteiger partial charge is 0.495 e. The van der Waals surface area contributed by atoms with Gasteiger partial charge in [0.15, 0.2) is 0 Å². The van der Waals surface area contributed by atoms with Crippen LogP contribution in [-0.2, 0) is 14.8 Å². The summed E-state index contributed by atoms with van der Waals surface area (Å²) in [5, 5.41) is 4.14. The van der Waals surface area contributed by atoms with E-state index in [0.717, 1.165) is 13.4 Å². The molecule has 0 aliphatic heterocycles. The molecule has 1 N–H and O–H groups in total. The van der Waals surface area contributed by atoms with Crippen LogP contribution in [0.25, 0.3) is 0 Å². The highest BCUT2D eigenvalue weighted by atomic mass is 127. The lowest BCUT2D eigenvalue weighted by atomic mass is 10.1. The van der Waals surface area contributed by atoms with Crippen molar-refractivity contribution in [2.75, 3.05) is 18.0 Å². The Morgan fingerprint density at radius 2 is 1.72 bits per heavy atom. The standard InChI is InChI=1S/C23H22IN3O4S/c1-17(18-9-8-10-19(24)15-18)25-26-23(28)16-27(21-13-6-7-14-22(21)31-2)32(29,30)20-11-4-3-5-12-20/h3-15H,16H2,1-2H3,(H,26,28)/b25-17+. The molecule has 166 valence electrons. The molecule has 0 radical (unpaired) electrons. The monoisotopic (exact) mass is 563 g/mol. The van der Waals surface area contributed by atoms with E-state index in [-0.39, 0.29) is 10.6 Å². The second kappa shape index (κ2) is 10.6. The maximum absolute atomic E-state index is 13.4. The Labute approximate surface area is 201 Å². The lowest BCUT2D eigenvalue weighted by Gasteiger charge is -2.25. The zero-order valence-corrected chi connectivity index (χ0v) is 20.5. The molecule has 7 nitrogen and oxygen atoms in total. The van der Waals surface area contributed by atoms with E-state index in [1.807, 2.05) is 24.3 Å². The number of ether oxygens (including phenoxy) is 1. The number of benzene rings is 3. The predicted octanol–water partition coefficient (Wildman–Crippen LogP) is 4.04. The van der Waals surface area contributed by atoms with Gasteiger partial charge in [0, 0.05) is 3.57 Å². The normalized spacial score (nSPS) is 11.7. The van der Waals surface area contributed by atoms with Crippen LogP contribution in [0.2, 0.25) is 0 Å². The third-order valence-corrected chi connectivity index (χ3v) is 7.01. The van der Waals surface area contributed by atoms with Gasteiger partial charge in [-0.25, -0.2) is 13.8 Å². The molecular formula is C23H22IN3O4S. The van der Waals surface area contributed by atoms with Gasteiger partial charge in [0.2, 0.25) is 0 Å². The number of amides is 1. The van der Waals surface area contributed by atoms with Gasteiger partial charge in [0.1, 0.15) is 12.3 Å². The highest BCUT2D eigenvalue weighted by molar-refractivity contribution is 14.1. The smallest absolute Gasteiger partial charge is 0.264 e. The van der Waals surface area contributed by atoms with Crippen molar-refractivity contribution in [3.8, 4) is 5.75 Å². The van der Waals surface area contributed by atoms with Crippen molar-refractivity contribution in [3.63, 3.8) is 0 Å². The summed E-state index contributed by atoms with van der Waals surface area (Å²) in [6.45, 7) is 1.30. The van der Waals surface area contributed by atoms with Gasteiger partial charge in [-0.15, -0.1) is 0 Å². The summed E-state index contributed by atoms with van der Waals surface area (Å²) in [5.74, 6) is -0.251. The van der Waals surface area contributed by atoms with Crippen LogP contribution in [0, 0.1) is 3.57 Å². The second-order valence-corrected chi connectivity index (χ2v) is 9.85. The maximum atomic E-state index is 13.4. The molecule has 3 aromatic rings. The first-order valence-electron chi connectivity index (χ1n) is 9.63. The molecule has 0 saturated carbocycles. The minimum Gasteiger partial charge on any atom is -0.495 e. The first-order chi connectivity index (χ1) is 15.3. The molecule has 0 bridgehead atoms. The number of halogens is 1. The number of hydrazone groups is 1. The Hall–Kier alpha value is -2.92. The molecule has 0 aliphatic carbocycles. The van der Waals surface area contributed by atoms with Crippen LogP contribution >= 0.6 is 22.6 Å². The minimum absolute atomic E-state index is 0.0669. The summed E-state index contributed by atoms with van der Waals surface area (Å²) >= 11 is 2.20. The lowest BCUT2D eigenvalue weighted by molar-refractivity contribution is -0.119. The number of rotatable bonds is 8. The fourth-order valence-electron chi connectivity index (χ4n) is 2.95. The van der Waals surface area contributed by atoms with Crippen molar-refractivity contribution < 1.29 is 17.9 Å². The number of hydrogen-bond donors (Lipinski definition) is 1. The van der Waals surface area contributed by atoms with Crippen LogP contribution in [0.5, 0.6) is 5.75 Å². The van der Waals surface area contributed by atoms with Gasteiger partial charge in [-0.2, -0.15) is 5.10 Å². The molecule has 32 heavy (non-hydrogen) atoms. The summed E-state index contributed by atoms with van der Waals surface area (Å²) in [4.78, 5) is 12.8. The highest BCUT2D eigenvalue weighted by Gasteiger charge is 2.29. The summed E-state index contributed by atoms with van der Waals surface area (Å²) in [7, 11) is -2.59. The van der Waals surface area contributed by atoms with Gasteiger partial charge < -0.3 is 4.74 Å². The van der Waals surface area contributed by atoms with Crippen molar-refractivity contribution in [1.82, 2.24) is 5.43 Å². The molecule has 0 fully saturated rings. The Morgan fingerprint density at radius 3 is 2.41 bits per heavy atom. The fourth-order valence-corrected chi connectivity index (χ4v) is 4.94. The second-order valence-electron chi connectivity index (χ2n) is 6.74.